The summed E-state index contributed by atoms with van der Waals surface area (Å²) in [6, 6.07) is 1.38. The monoisotopic (exact) mass is 321 g/mol. The zero-order valence-electron chi connectivity index (χ0n) is 13.8. The van der Waals surface area contributed by atoms with Gasteiger partial charge in [0.2, 0.25) is 0 Å². The first kappa shape index (κ1) is 17.2. The molecule has 0 saturated heterocycles. The van der Waals surface area contributed by atoms with E-state index >= 15 is 0 Å². The van der Waals surface area contributed by atoms with Crippen LogP contribution in [0.2, 0.25) is 0 Å². The first-order valence-corrected chi connectivity index (χ1v) is 7.96. The Kier molecular flexibility index (Phi) is 5.58. The van der Waals surface area contributed by atoms with Crippen molar-refractivity contribution in [3.63, 3.8) is 0 Å². The number of esters is 1. The number of rotatable bonds is 4. The topological polar surface area (TPSA) is 85.6 Å². The third-order valence-electron chi connectivity index (χ3n) is 4.33. The minimum absolute atomic E-state index is 0.146. The highest BCUT2D eigenvalue weighted by atomic mass is 16.5. The molecule has 1 saturated carbocycles. The summed E-state index contributed by atoms with van der Waals surface area (Å²) in [6.07, 6.45) is 4.37. The fourth-order valence-electron chi connectivity index (χ4n) is 3.05. The van der Waals surface area contributed by atoms with Gasteiger partial charge in [0.15, 0.2) is 6.61 Å². The van der Waals surface area contributed by atoms with Crippen molar-refractivity contribution in [2.24, 2.45) is 5.92 Å². The molecule has 1 aromatic heterocycles. The second-order valence-corrected chi connectivity index (χ2v) is 6.19. The van der Waals surface area contributed by atoms with Gasteiger partial charge >= 0.3 is 11.6 Å². The van der Waals surface area contributed by atoms with Crippen LogP contribution < -0.4 is 10.9 Å². The Hall–Kier alpha value is -2.11. The van der Waals surface area contributed by atoms with Gasteiger partial charge in [-0.25, -0.2) is 9.59 Å². The van der Waals surface area contributed by atoms with Gasteiger partial charge in [-0.3, -0.25) is 4.79 Å². The van der Waals surface area contributed by atoms with Gasteiger partial charge in [0.05, 0.1) is 0 Å². The first-order valence-electron chi connectivity index (χ1n) is 7.96. The van der Waals surface area contributed by atoms with Gasteiger partial charge in [0, 0.05) is 12.1 Å². The Morgan fingerprint density at radius 3 is 2.65 bits per heavy atom. The predicted molar refractivity (Wildman–Crippen MR) is 84.3 cm³/mol. The van der Waals surface area contributed by atoms with E-state index in [4.69, 9.17) is 9.15 Å². The van der Waals surface area contributed by atoms with Crippen LogP contribution in [0.1, 0.15) is 54.3 Å². The van der Waals surface area contributed by atoms with Gasteiger partial charge in [-0.15, -0.1) is 0 Å². The summed E-state index contributed by atoms with van der Waals surface area (Å²) in [5.41, 5.74) is 0.161. The van der Waals surface area contributed by atoms with Gasteiger partial charge in [-0.1, -0.05) is 19.8 Å². The summed E-state index contributed by atoms with van der Waals surface area (Å²) in [5.74, 6) is -0.321. The predicted octanol–water partition coefficient (Wildman–Crippen LogP) is 2.11. The number of nitrogens with one attached hydrogen (secondary N) is 1. The maximum Gasteiger partial charge on any atom is 0.342 e. The van der Waals surface area contributed by atoms with Gasteiger partial charge in [0.25, 0.3) is 5.91 Å². The average molecular weight is 321 g/mol. The van der Waals surface area contributed by atoms with Crippen molar-refractivity contribution in [3.8, 4) is 0 Å². The zero-order valence-corrected chi connectivity index (χ0v) is 13.8. The van der Waals surface area contributed by atoms with Crippen LogP contribution in [0.15, 0.2) is 15.3 Å². The Balaban J connectivity index is 1.91. The Bertz CT molecular complexity index is 623. The fourth-order valence-corrected chi connectivity index (χ4v) is 3.05. The van der Waals surface area contributed by atoms with Gasteiger partial charge in [0.1, 0.15) is 11.3 Å². The number of hydrogen-bond acceptors (Lipinski definition) is 5. The molecule has 23 heavy (non-hydrogen) atoms. The fraction of sp³-hybridized carbons (Fsp3) is 0.588. The Morgan fingerprint density at radius 1 is 1.30 bits per heavy atom. The minimum atomic E-state index is -0.657. The smallest absolute Gasteiger partial charge is 0.342 e. The van der Waals surface area contributed by atoms with Gasteiger partial charge in [-0.2, -0.15) is 0 Å². The summed E-state index contributed by atoms with van der Waals surface area (Å²) in [6.45, 7) is 4.94. The van der Waals surface area contributed by atoms with Crippen molar-refractivity contribution in [2.45, 2.75) is 52.5 Å². The third-order valence-corrected chi connectivity index (χ3v) is 4.33. The molecule has 1 aromatic rings. The largest absolute Gasteiger partial charge is 0.452 e. The molecule has 1 fully saturated rings. The van der Waals surface area contributed by atoms with Crippen molar-refractivity contribution >= 4 is 11.9 Å². The van der Waals surface area contributed by atoms with E-state index in [0.29, 0.717) is 11.5 Å². The summed E-state index contributed by atoms with van der Waals surface area (Å²) in [7, 11) is 0. The molecule has 0 unspecified atom stereocenters. The van der Waals surface area contributed by atoms with Crippen molar-refractivity contribution < 1.29 is 18.7 Å². The number of aryl methyl sites for hydroxylation is 2. The molecule has 6 heteroatoms. The van der Waals surface area contributed by atoms with Crippen LogP contribution in [0.25, 0.3) is 0 Å². The van der Waals surface area contributed by atoms with E-state index in [1.807, 2.05) is 0 Å². The standard InChI is InChI=1S/C17H23NO5/c1-10-6-4-5-7-13(10)18-14(19)9-22-17(21)16-11(2)8-15(20)23-12(16)3/h8,10,13H,4-7,9H2,1-3H3,(H,18,19)/t10-,13+/m1/s1. The second-order valence-electron chi connectivity index (χ2n) is 6.19. The molecule has 2 atom stereocenters. The number of hydrogen-bond donors (Lipinski definition) is 1. The highest BCUT2D eigenvalue weighted by molar-refractivity contribution is 5.93. The number of ether oxygens (including phenoxy) is 1. The van der Waals surface area contributed by atoms with E-state index in [0.717, 1.165) is 19.3 Å². The summed E-state index contributed by atoms with van der Waals surface area (Å²) in [5, 5.41) is 2.92. The molecule has 1 aliphatic rings. The lowest BCUT2D eigenvalue weighted by Gasteiger charge is -2.29. The summed E-state index contributed by atoms with van der Waals surface area (Å²) in [4.78, 5) is 35.3. The first-order chi connectivity index (χ1) is 10.9. The SMILES string of the molecule is Cc1cc(=O)oc(C)c1C(=O)OCC(=O)N[C@H]1CCCC[C@H]1C. The van der Waals surface area contributed by atoms with Crippen molar-refractivity contribution in [1.82, 2.24) is 5.32 Å². The molecule has 1 amide bonds. The molecule has 0 radical (unpaired) electrons. The van der Waals surface area contributed by atoms with E-state index < -0.39 is 11.6 Å². The van der Waals surface area contributed by atoms with Crippen molar-refractivity contribution in [1.29, 1.82) is 0 Å². The van der Waals surface area contributed by atoms with Crippen molar-refractivity contribution in [2.75, 3.05) is 6.61 Å². The lowest BCUT2D eigenvalue weighted by Crippen LogP contribution is -2.42. The molecule has 2 rings (SSSR count). The summed E-state index contributed by atoms with van der Waals surface area (Å²) >= 11 is 0. The molecular weight excluding hydrogens is 298 g/mol. The maximum absolute atomic E-state index is 12.1. The van der Waals surface area contributed by atoms with Crippen LogP contribution in [-0.4, -0.2) is 24.5 Å². The van der Waals surface area contributed by atoms with Crippen LogP contribution in [0.5, 0.6) is 0 Å². The van der Waals surface area contributed by atoms with E-state index in [1.54, 1.807) is 6.92 Å². The molecule has 126 valence electrons. The number of carbonyl (C=O) groups excluding carboxylic acids is 2. The molecule has 1 heterocycles. The average Bonchev–Trinajstić information content (AvgIpc) is 2.46. The molecule has 0 bridgehead atoms. The van der Waals surface area contributed by atoms with E-state index in [2.05, 4.69) is 12.2 Å². The number of carbonyl (C=O) groups is 2. The molecule has 0 aromatic carbocycles. The Morgan fingerprint density at radius 2 is 2.00 bits per heavy atom. The number of amides is 1. The molecule has 1 aliphatic carbocycles. The molecule has 0 aliphatic heterocycles. The minimum Gasteiger partial charge on any atom is -0.452 e. The molecule has 0 spiro atoms. The van der Waals surface area contributed by atoms with Gasteiger partial charge in [-0.05, 0) is 38.2 Å². The zero-order chi connectivity index (χ0) is 17.0. The lowest BCUT2D eigenvalue weighted by molar-refractivity contribution is -0.125. The van der Waals surface area contributed by atoms with E-state index in [1.165, 1.54) is 19.4 Å². The third kappa shape index (κ3) is 4.43. The molecule has 1 N–H and O–H groups in total. The van der Waals surface area contributed by atoms with Crippen LogP contribution in [0.4, 0.5) is 0 Å². The van der Waals surface area contributed by atoms with Gasteiger partial charge < -0.3 is 14.5 Å². The van der Waals surface area contributed by atoms with E-state index in [9.17, 15) is 14.4 Å². The van der Waals surface area contributed by atoms with Crippen LogP contribution >= 0.6 is 0 Å². The van der Waals surface area contributed by atoms with Crippen LogP contribution in [0, 0.1) is 19.8 Å². The van der Waals surface area contributed by atoms with Crippen molar-refractivity contribution in [3.05, 3.63) is 33.4 Å². The molecule has 6 nitrogen and oxygen atoms in total. The lowest BCUT2D eigenvalue weighted by atomic mass is 9.86. The Labute approximate surface area is 135 Å². The molecular formula is C17H23NO5. The summed E-state index contributed by atoms with van der Waals surface area (Å²) < 4.78 is 9.95. The van der Waals surface area contributed by atoms with Crippen LogP contribution in [-0.2, 0) is 9.53 Å². The highest BCUT2D eigenvalue weighted by Gasteiger charge is 2.24. The quantitative estimate of drug-likeness (QED) is 0.858. The van der Waals surface area contributed by atoms with E-state index in [-0.39, 0.29) is 29.9 Å². The normalized spacial score (nSPS) is 20.8. The maximum atomic E-state index is 12.1. The van der Waals surface area contributed by atoms with Crippen LogP contribution in [0.3, 0.4) is 0 Å². The second kappa shape index (κ2) is 7.44. The highest BCUT2D eigenvalue weighted by Crippen LogP contribution is 2.23.